The first-order valence-electron chi connectivity index (χ1n) is 10.8. The van der Waals surface area contributed by atoms with Crippen LogP contribution in [0.25, 0.3) is 11.0 Å². The number of benzene rings is 2. The van der Waals surface area contributed by atoms with E-state index in [0.717, 1.165) is 25.9 Å². The number of hydrogen-bond acceptors (Lipinski definition) is 5. The van der Waals surface area contributed by atoms with Gasteiger partial charge in [0, 0.05) is 51.4 Å². The van der Waals surface area contributed by atoms with Crippen LogP contribution in [0.2, 0.25) is 0 Å². The van der Waals surface area contributed by atoms with Crippen molar-refractivity contribution in [3.63, 3.8) is 0 Å². The Morgan fingerprint density at radius 1 is 1.03 bits per heavy atom. The minimum atomic E-state index is -0.230. The molecule has 1 aliphatic heterocycles. The molecule has 0 unspecified atom stereocenters. The van der Waals surface area contributed by atoms with Gasteiger partial charge >= 0.3 is 0 Å². The second-order valence-electron chi connectivity index (χ2n) is 8.15. The number of anilines is 2. The Labute approximate surface area is 186 Å². The summed E-state index contributed by atoms with van der Waals surface area (Å²) in [7, 11) is 3.54. The molecule has 0 spiro atoms. The van der Waals surface area contributed by atoms with Crippen molar-refractivity contribution >= 4 is 34.4 Å². The van der Waals surface area contributed by atoms with E-state index in [1.54, 1.807) is 47.8 Å². The summed E-state index contributed by atoms with van der Waals surface area (Å²) in [4.78, 5) is 45.9. The predicted molar refractivity (Wildman–Crippen MR) is 125 cm³/mol. The largest absolute Gasteiger partial charge is 0.358 e. The van der Waals surface area contributed by atoms with E-state index in [1.165, 1.54) is 0 Å². The van der Waals surface area contributed by atoms with Crippen LogP contribution in [0.3, 0.4) is 0 Å². The number of carbonyl (C=O) groups excluding carboxylic acids is 2. The standard InChI is InChI=1S/C24H27N5O3/c1-27(2)22-24(32)29(20-8-4-3-7-19(20)26-22)16-13-21(30)25-18-11-9-17(10-12-18)23(31)28-14-5-6-15-28/h3-4,7-12H,5-6,13-16H2,1-2H3,(H,25,30). The normalized spacial score (nSPS) is 13.4. The number of para-hydroxylation sites is 2. The van der Waals surface area contributed by atoms with E-state index in [9.17, 15) is 14.4 Å². The fourth-order valence-electron chi connectivity index (χ4n) is 3.93. The first-order valence-corrected chi connectivity index (χ1v) is 10.8. The zero-order chi connectivity index (χ0) is 22.7. The van der Waals surface area contributed by atoms with Crippen LogP contribution in [-0.4, -0.2) is 53.5 Å². The number of hydrogen-bond donors (Lipinski definition) is 1. The third-order valence-electron chi connectivity index (χ3n) is 5.63. The highest BCUT2D eigenvalue weighted by molar-refractivity contribution is 5.96. The summed E-state index contributed by atoms with van der Waals surface area (Å²) in [5.41, 5.74) is 2.41. The molecule has 2 aromatic carbocycles. The van der Waals surface area contributed by atoms with E-state index in [-0.39, 0.29) is 30.3 Å². The monoisotopic (exact) mass is 433 g/mol. The van der Waals surface area contributed by atoms with Crippen LogP contribution in [-0.2, 0) is 11.3 Å². The Bertz CT molecular complexity index is 1190. The molecule has 1 N–H and O–H groups in total. The molecule has 0 saturated carbocycles. The lowest BCUT2D eigenvalue weighted by Gasteiger charge is -2.16. The summed E-state index contributed by atoms with van der Waals surface area (Å²) >= 11 is 0. The van der Waals surface area contributed by atoms with Gasteiger partial charge in [-0.05, 0) is 49.2 Å². The maximum Gasteiger partial charge on any atom is 0.293 e. The van der Waals surface area contributed by atoms with Crippen molar-refractivity contribution < 1.29 is 9.59 Å². The molecule has 3 aromatic rings. The number of nitrogens with one attached hydrogen (secondary N) is 1. The van der Waals surface area contributed by atoms with Gasteiger partial charge in [0.15, 0.2) is 5.82 Å². The summed E-state index contributed by atoms with van der Waals surface area (Å²) in [5.74, 6) is 0.159. The molecule has 1 fully saturated rings. The minimum absolute atomic E-state index is 0.0287. The average molecular weight is 434 g/mol. The molecular formula is C24H27N5O3. The molecule has 2 heterocycles. The van der Waals surface area contributed by atoms with E-state index in [4.69, 9.17) is 0 Å². The number of likely N-dealkylation sites (tertiary alicyclic amines) is 1. The van der Waals surface area contributed by atoms with Crippen LogP contribution in [0.5, 0.6) is 0 Å². The molecule has 0 radical (unpaired) electrons. The van der Waals surface area contributed by atoms with Crippen molar-refractivity contribution in [2.75, 3.05) is 37.4 Å². The first kappa shape index (κ1) is 21.5. The molecule has 166 valence electrons. The molecule has 8 nitrogen and oxygen atoms in total. The number of fused-ring (bicyclic) bond motifs is 1. The molecule has 1 saturated heterocycles. The summed E-state index contributed by atoms with van der Waals surface area (Å²) in [6.45, 7) is 1.84. The van der Waals surface area contributed by atoms with Gasteiger partial charge in [-0.1, -0.05) is 12.1 Å². The highest BCUT2D eigenvalue weighted by Gasteiger charge is 2.19. The number of aromatic nitrogens is 2. The number of aryl methyl sites for hydroxylation is 1. The SMILES string of the molecule is CN(C)c1nc2ccccc2n(CCC(=O)Nc2ccc(C(=O)N3CCCC3)cc2)c1=O. The van der Waals surface area contributed by atoms with E-state index in [0.29, 0.717) is 28.1 Å². The van der Waals surface area contributed by atoms with Crippen LogP contribution in [0.1, 0.15) is 29.6 Å². The topological polar surface area (TPSA) is 87.5 Å². The molecule has 1 aliphatic rings. The molecule has 4 rings (SSSR count). The van der Waals surface area contributed by atoms with Crippen molar-refractivity contribution in [2.45, 2.75) is 25.8 Å². The van der Waals surface area contributed by atoms with Crippen molar-refractivity contribution in [1.82, 2.24) is 14.5 Å². The van der Waals surface area contributed by atoms with Gasteiger partial charge in [-0.2, -0.15) is 0 Å². The van der Waals surface area contributed by atoms with Crippen LogP contribution >= 0.6 is 0 Å². The van der Waals surface area contributed by atoms with E-state index in [2.05, 4.69) is 10.3 Å². The molecule has 0 aliphatic carbocycles. The molecule has 1 aromatic heterocycles. The van der Waals surface area contributed by atoms with Crippen molar-refractivity contribution in [1.29, 1.82) is 0 Å². The average Bonchev–Trinajstić information content (AvgIpc) is 3.33. The van der Waals surface area contributed by atoms with E-state index >= 15 is 0 Å². The number of carbonyl (C=O) groups is 2. The molecular weight excluding hydrogens is 406 g/mol. The summed E-state index contributed by atoms with van der Waals surface area (Å²) in [6.07, 6.45) is 2.23. The predicted octanol–water partition coefficient (Wildman–Crippen LogP) is 2.73. The van der Waals surface area contributed by atoms with Gasteiger partial charge in [0.2, 0.25) is 5.91 Å². The lowest BCUT2D eigenvalue weighted by Crippen LogP contribution is -2.30. The Hall–Kier alpha value is -3.68. The summed E-state index contributed by atoms with van der Waals surface area (Å²) in [5, 5.41) is 2.85. The maximum absolute atomic E-state index is 12.9. The van der Waals surface area contributed by atoms with Gasteiger partial charge in [-0.25, -0.2) is 4.98 Å². The van der Waals surface area contributed by atoms with Crippen molar-refractivity contribution in [3.8, 4) is 0 Å². The Morgan fingerprint density at radius 3 is 2.41 bits per heavy atom. The Morgan fingerprint density at radius 2 is 1.72 bits per heavy atom. The third-order valence-corrected chi connectivity index (χ3v) is 5.63. The summed E-state index contributed by atoms with van der Waals surface area (Å²) in [6, 6.07) is 14.3. The third kappa shape index (κ3) is 4.49. The van der Waals surface area contributed by atoms with Crippen LogP contribution in [0, 0.1) is 0 Å². The number of rotatable bonds is 6. The minimum Gasteiger partial charge on any atom is -0.358 e. The highest BCUT2D eigenvalue weighted by Crippen LogP contribution is 2.17. The van der Waals surface area contributed by atoms with Gasteiger partial charge < -0.3 is 19.7 Å². The van der Waals surface area contributed by atoms with Gasteiger partial charge in [-0.15, -0.1) is 0 Å². The van der Waals surface area contributed by atoms with Gasteiger partial charge in [0.1, 0.15) is 0 Å². The van der Waals surface area contributed by atoms with Crippen LogP contribution in [0.15, 0.2) is 53.3 Å². The lowest BCUT2D eigenvalue weighted by atomic mass is 10.2. The van der Waals surface area contributed by atoms with Crippen LogP contribution in [0.4, 0.5) is 11.5 Å². The van der Waals surface area contributed by atoms with Gasteiger partial charge in [0.05, 0.1) is 11.0 Å². The number of amides is 2. The quantitative estimate of drug-likeness (QED) is 0.646. The smallest absolute Gasteiger partial charge is 0.293 e. The molecule has 0 bridgehead atoms. The molecule has 32 heavy (non-hydrogen) atoms. The molecule has 8 heteroatoms. The van der Waals surface area contributed by atoms with Crippen molar-refractivity contribution in [3.05, 3.63) is 64.4 Å². The van der Waals surface area contributed by atoms with Crippen LogP contribution < -0.4 is 15.8 Å². The maximum atomic E-state index is 12.9. The Kier molecular flexibility index (Phi) is 6.20. The second kappa shape index (κ2) is 9.21. The lowest BCUT2D eigenvalue weighted by molar-refractivity contribution is -0.116. The van der Waals surface area contributed by atoms with Gasteiger partial charge in [0.25, 0.3) is 11.5 Å². The highest BCUT2D eigenvalue weighted by atomic mass is 16.2. The zero-order valence-corrected chi connectivity index (χ0v) is 18.4. The Balaban J connectivity index is 1.44. The van der Waals surface area contributed by atoms with Crippen molar-refractivity contribution in [2.24, 2.45) is 0 Å². The fraction of sp³-hybridized carbons (Fsp3) is 0.333. The number of nitrogens with zero attached hydrogens (tertiary/aromatic N) is 4. The first-order chi connectivity index (χ1) is 15.4. The molecule has 0 atom stereocenters. The fourth-order valence-corrected chi connectivity index (χ4v) is 3.93. The zero-order valence-electron chi connectivity index (χ0n) is 18.4. The second-order valence-corrected chi connectivity index (χ2v) is 8.15. The van der Waals surface area contributed by atoms with E-state index < -0.39 is 0 Å². The van der Waals surface area contributed by atoms with E-state index in [1.807, 2.05) is 29.2 Å². The summed E-state index contributed by atoms with van der Waals surface area (Å²) < 4.78 is 1.59. The van der Waals surface area contributed by atoms with Gasteiger partial charge in [-0.3, -0.25) is 14.4 Å². The molecule has 2 amide bonds.